The molecule has 27 heavy (non-hydrogen) atoms. The lowest BCUT2D eigenvalue weighted by Gasteiger charge is -2.25. The molecular weight excluding hydrogens is 364 g/mol. The predicted octanol–water partition coefficient (Wildman–Crippen LogP) is 3.48. The van der Waals surface area contributed by atoms with E-state index in [0.717, 1.165) is 27.2 Å². The maximum Gasteiger partial charge on any atom is 0.222 e. The summed E-state index contributed by atoms with van der Waals surface area (Å²) in [7, 11) is 1.95. The van der Waals surface area contributed by atoms with E-state index in [9.17, 15) is 4.79 Å². The predicted molar refractivity (Wildman–Crippen MR) is 106 cm³/mol. The summed E-state index contributed by atoms with van der Waals surface area (Å²) in [5.41, 5.74) is 2.58. The van der Waals surface area contributed by atoms with Gasteiger partial charge in [0.05, 0.1) is 11.7 Å². The van der Waals surface area contributed by atoms with Gasteiger partial charge in [0.15, 0.2) is 11.5 Å². The highest BCUT2D eigenvalue weighted by molar-refractivity contribution is 7.98. The number of fused-ring (bicyclic) bond motifs is 2. The van der Waals surface area contributed by atoms with Crippen molar-refractivity contribution in [3.05, 3.63) is 24.5 Å². The van der Waals surface area contributed by atoms with E-state index in [4.69, 9.17) is 14.5 Å². The van der Waals surface area contributed by atoms with Crippen LogP contribution in [0.15, 0.2) is 29.6 Å². The van der Waals surface area contributed by atoms with Crippen LogP contribution >= 0.6 is 11.8 Å². The number of hydrogen-bond acceptors (Lipinski definition) is 6. The summed E-state index contributed by atoms with van der Waals surface area (Å²) < 4.78 is 13.9. The summed E-state index contributed by atoms with van der Waals surface area (Å²) >= 11 is 1.55. The highest BCUT2D eigenvalue weighted by Crippen LogP contribution is 2.44. The number of carbonyl (C=O) groups is 1. The molecule has 0 aliphatic carbocycles. The minimum absolute atomic E-state index is 0.00876. The van der Waals surface area contributed by atoms with Gasteiger partial charge in [-0.1, -0.05) is 0 Å². The van der Waals surface area contributed by atoms with Crippen LogP contribution in [0.5, 0.6) is 11.5 Å². The zero-order valence-corrected chi connectivity index (χ0v) is 16.4. The molecule has 1 amide bonds. The molecular formula is C19H20N4O3S. The van der Waals surface area contributed by atoms with Crippen molar-refractivity contribution in [2.45, 2.75) is 25.0 Å². The third kappa shape index (κ3) is 3.21. The first-order valence-corrected chi connectivity index (χ1v) is 9.80. The Bertz CT molecular complexity index is 1050. The van der Waals surface area contributed by atoms with Crippen molar-refractivity contribution < 1.29 is 14.3 Å². The minimum Gasteiger partial charge on any atom is -0.484 e. The van der Waals surface area contributed by atoms with E-state index < -0.39 is 0 Å². The summed E-state index contributed by atoms with van der Waals surface area (Å²) in [5.74, 6) is 1.69. The largest absolute Gasteiger partial charge is 0.484 e. The lowest BCUT2D eigenvalue weighted by atomic mass is 10.1. The van der Waals surface area contributed by atoms with E-state index in [1.807, 2.05) is 43.1 Å². The average Bonchev–Trinajstić information content (AvgIpc) is 2.96. The van der Waals surface area contributed by atoms with E-state index >= 15 is 0 Å². The van der Waals surface area contributed by atoms with Crippen LogP contribution in [0, 0.1) is 0 Å². The van der Waals surface area contributed by atoms with Crippen LogP contribution in [0.2, 0.25) is 0 Å². The Morgan fingerprint density at radius 3 is 2.96 bits per heavy atom. The van der Waals surface area contributed by atoms with Crippen LogP contribution in [0.25, 0.3) is 22.2 Å². The standard InChI is InChI=1S/C19H20N4O3S/c1-10-9-25-19-15(26-10)6-17(27-4)22-18(19)13-8-23(3)14-7-20-16(5-12(13)14)21-11(2)24/h5-8,10H,9H2,1-4H3,(H,20,21,24)/t10-/m1/s1. The molecule has 0 saturated heterocycles. The molecule has 0 aromatic carbocycles. The molecule has 0 spiro atoms. The first-order valence-electron chi connectivity index (χ1n) is 8.57. The second-order valence-corrected chi connectivity index (χ2v) is 7.33. The van der Waals surface area contributed by atoms with Crippen molar-refractivity contribution in [3.8, 4) is 22.8 Å². The maximum absolute atomic E-state index is 11.4. The highest BCUT2D eigenvalue weighted by atomic mass is 32.2. The monoisotopic (exact) mass is 384 g/mol. The fourth-order valence-corrected chi connectivity index (χ4v) is 3.58. The molecule has 0 saturated carbocycles. The van der Waals surface area contributed by atoms with E-state index in [1.54, 1.807) is 18.0 Å². The molecule has 4 rings (SSSR count). The lowest BCUT2D eigenvalue weighted by Crippen LogP contribution is -2.26. The first-order chi connectivity index (χ1) is 13.0. The van der Waals surface area contributed by atoms with Gasteiger partial charge in [0.2, 0.25) is 5.91 Å². The quantitative estimate of drug-likeness (QED) is 0.697. The smallest absolute Gasteiger partial charge is 0.222 e. The van der Waals surface area contributed by atoms with Gasteiger partial charge in [0.1, 0.15) is 29.2 Å². The highest BCUT2D eigenvalue weighted by Gasteiger charge is 2.25. The number of thioether (sulfide) groups is 1. The Morgan fingerprint density at radius 1 is 1.41 bits per heavy atom. The molecule has 3 aromatic heterocycles. The summed E-state index contributed by atoms with van der Waals surface area (Å²) in [5, 5.41) is 4.53. The van der Waals surface area contributed by atoms with E-state index in [-0.39, 0.29) is 12.0 Å². The zero-order valence-electron chi connectivity index (χ0n) is 15.6. The SMILES string of the molecule is CSc1cc2c(c(-c3cn(C)c4cnc(NC(C)=O)cc34)n1)OC[C@@H](C)O2. The topological polar surface area (TPSA) is 78.3 Å². The van der Waals surface area contributed by atoms with Crippen molar-refractivity contribution in [2.24, 2.45) is 7.05 Å². The number of aromatic nitrogens is 3. The fourth-order valence-electron chi connectivity index (χ4n) is 3.17. The van der Waals surface area contributed by atoms with Gasteiger partial charge in [0.25, 0.3) is 0 Å². The van der Waals surface area contributed by atoms with Crippen molar-refractivity contribution in [2.75, 3.05) is 18.2 Å². The number of aryl methyl sites for hydroxylation is 1. The number of rotatable bonds is 3. The summed E-state index contributed by atoms with van der Waals surface area (Å²) in [6.07, 6.45) is 5.71. The van der Waals surface area contributed by atoms with Gasteiger partial charge >= 0.3 is 0 Å². The Labute approximate surface area is 161 Å². The normalized spacial score (nSPS) is 15.8. The first kappa shape index (κ1) is 17.7. The summed E-state index contributed by atoms with van der Waals surface area (Å²) in [4.78, 5) is 20.5. The van der Waals surface area contributed by atoms with Crippen LogP contribution in [0.3, 0.4) is 0 Å². The molecule has 3 aromatic rings. The maximum atomic E-state index is 11.4. The van der Waals surface area contributed by atoms with Crippen molar-refractivity contribution in [1.82, 2.24) is 14.5 Å². The van der Waals surface area contributed by atoms with Crippen LogP contribution in [-0.4, -0.2) is 39.4 Å². The second-order valence-electron chi connectivity index (χ2n) is 6.50. The number of ether oxygens (including phenoxy) is 2. The summed E-state index contributed by atoms with van der Waals surface area (Å²) in [6.45, 7) is 3.92. The Balaban J connectivity index is 1.94. The van der Waals surface area contributed by atoms with Gasteiger partial charge in [0, 0.05) is 37.2 Å². The van der Waals surface area contributed by atoms with Crippen molar-refractivity contribution in [1.29, 1.82) is 0 Å². The Morgan fingerprint density at radius 2 is 2.22 bits per heavy atom. The van der Waals surface area contributed by atoms with Gasteiger partial charge in [-0.25, -0.2) is 9.97 Å². The number of amides is 1. The Kier molecular flexibility index (Phi) is 4.43. The average molecular weight is 384 g/mol. The molecule has 8 heteroatoms. The molecule has 7 nitrogen and oxygen atoms in total. The van der Waals surface area contributed by atoms with Crippen LogP contribution in [0.4, 0.5) is 5.82 Å². The number of nitrogens with zero attached hydrogens (tertiary/aromatic N) is 3. The lowest BCUT2D eigenvalue weighted by molar-refractivity contribution is -0.114. The number of anilines is 1. The van der Waals surface area contributed by atoms with Gasteiger partial charge in [-0.3, -0.25) is 4.79 Å². The third-order valence-electron chi connectivity index (χ3n) is 4.35. The molecule has 140 valence electrons. The molecule has 4 heterocycles. The van der Waals surface area contributed by atoms with Crippen molar-refractivity contribution >= 4 is 34.4 Å². The molecule has 1 aliphatic heterocycles. The number of hydrogen-bond donors (Lipinski definition) is 1. The molecule has 1 atom stereocenters. The number of pyridine rings is 2. The molecule has 0 bridgehead atoms. The van der Waals surface area contributed by atoms with Gasteiger partial charge in [-0.2, -0.15) is 0 Å². The van der Waals surface area contributed by atoms with Gasteiger partial charge < -0.3 is 19.4 Å². The fraction of sp³-hybridized carbons (Fsp3) is 0.316. The minimum atomic E-state index is -0.162. The zero-order chi connectivity index (χ0) is 19.1. The van der Waals surface area contributed by atoms with Crippen molar-refractivity contribution in [3.63, 3.8) is 0 Å². The molecule has 0 fully saturated rings. The van der Waals surface area contributed by atoms with Crippen LogP contribution in [-0.2, 0) is 11.8 Å². The number of nitrogens with one attached hydrogen (secondary N) is 1. The molecule has 1 N–H and O–H groups in total. The van der Waals surface area contributed by atoms with Gasteiger partial charge in [-0.15, -0.1) is 11.8 Å². The molecule has 1 aliphatic rings. The number of carbonyl (C=O) groups excluding carboxylic acids is 1. The van der Waals surface area contributed by atoms with Crippen LogP contribution < -0.4 is 14.8 Å². The van der Waals surface area contributed by atoms with E-state index in [0.29, 0.717) is 23.9 Å². The second kappa shape index (κ2) is 6.77. The Hall–Kier alpha value is -2.74. The molecule has 0 unspecified atom stereocenters. The van der Waals surface area contributed by atoms with Crippen LogP contribution in [0.1, 0.15) is 13.8 Å². The van der Waals surface area contributed by atoms with E-state index in [1.165, 1.54) is 6.92 Å². The molecule has 0 radical (unpaired) electrons. The summed E-state index contributed by atoms with van der Waals surface area (Å²) in [6, 6.07) is 3.77. The van der Waals surface area contributed by atoms with Gasteiger partial charge in [-0.05, 0) is 19.2 Å². The van der Waals surface area contributed by atoms with E-state index in [2.05, 4.69) is 10.3 Å². The third-order valence-corrected chi connectivity index (χ3v) is 4.98.